The molecule has 0 saturated carbocycles. The minimum absolute atomic E-state index is 0.130. The summed E-state index contributed by atoms with van der Waals surface area (Å²) in [5.41, 5.74) is 2.09. The van der Waals surface area contributed by atoms with Gasteiger partial charge in [-0.1, -0.05) is 24.3 Å². The monoisotopic (exact) mass is 193 g/mol. The fraction of sp³-hybridized carbons (Fsp3) is 0.455. The first-order valence-corrected chi connectivity index (χ1v) is 4.85. The van der Waals surface area contributed by atoms with Gasteiger partial charge in [0.1, 0.15) is 12.2 Å². The highest BCUT2D eigenvalue weighted by molar-refractivity contribution is 5.30. The minimum Gasteiger partial charge on any atom is -0.386 e. The smallest absolute Gasteiger partial charge is 0.107 e. The molecule has 0 saturated heterocycles. The molecule has 2 rings (SSSR count). The largest absolute Gasteiger partial charge is 0.386 e. The van der Waals surface area contributed by atoms with E-state index in [0.29, 0.717) is 13.2 Å². The number of aliphatic hydroxyl groups is 1. The minimum atomic E-state index is -0.507. The molecule has 0 amide bonds. The number of hydrogen-bond donors (Lipinski definition) is 2. The second-order valence-electron chi connectivity index (χ2n) is 3.55. The molecule has 0 aliphatic carbocycles. The standard InChI is InChI=1S/C11H15NO2/c1-12-6-10-11(13)9-5-3-2-4-8(9)7-14-10/h2-5,10-13H,6-7H2,1H3/t10-,11-/m0/s1. The Morgan fingerprint density at radius 3 is 3.07 bits per heavy atom. The number of benzene rings is 1. The van der Waals surface area contributed by atoms with Gasteiger partial charge in [0, 0.05) is 6.54 Å². The zero-order chi connectivity index (χ0) is 9.97. The molecule has 2 atom stereocenters. The van der Waals surface area contributed by atoms with Gasteiger partial charge in [0.15, 0.2) is 0 Å². The van der Waals surface area contributed by atoms with Crippen molar-refractivity contribution in [2.75, 3.05) is 13.6 Å². The average Bonchev–Trinajstić information content (AvgIpc) is 2.23. The van der Waals surface area contributed by atoms with Gasteiger partial charge in [-0.05, 0) is 18.2 Å². The van der Waals surface area contributed by atoms with Gasteiger partial charge in [-0.25, -0.2) is 0 Å². The molecule has 0 aromatic heterocycles. The van der Waals surface area contributed by atoms with Crippen LogP contribution in [0, 0.1) is 0 Å². The fourth-order valence-electron chi connectivity index (χ4n) is 1.81. The van der Waals surface area contributed by atoms with E-state index in [-0.39, 0.29) is 6.10 Å². The summed E-state index contributed by atoms with van der Waals surface area (Å²) in [6.45, 7) is 1.27. The quantitative estimate of drug-likeness (QED) is 0.731. The van der Waals surface area contributed by atoms with Crippen molar-refractivity contribution in [2.45, 2.75) is 18.8 Å². The van der Waals surface area contributed by atoms with E-state index >= 15 is 0 Å². The van der Waals surface area contributed by atoms with Gasteiger partial charge in [-0.15, -0.1) is 0 Å². The maximum atomic E-state index is 9.99. The molecule has 1 aliphatic rings. The van der Waals surface area contributed by atoms with Crippen LogP contribution in [0.1, 0.15) is 17.2 Å². The van der Waals surface area contributed by atoms with E-state index in [4.69, 9.17) is 4.74 Å². The summed E-state index contributed by atoms with van der Waals surface area (Å²) >= 11 is 0. The molecular weight excluding hydrogens is 178 g/mol. The maximum absolute atomic E-state index is 9.99. The maximum Gasteiger partial charge on any atom is 0.107 e. The van der Waals surface area contributed by atoms with Gasteiger partial charge in [-0.2, -0.15) is 0 Å². The van der Waals surface area contributed by atoms with E-state index < -0.39 is 6.10 Å². The Labute approximate surface area is 83.7 Å². The molecule has 0 bridgehead atoms. The number of hydrogen-bond acceptors (Lipinski definition) is 3. The predicted octanol–water partition coefficient (Wildman–Crippen LogP) is 0.838. The first kappa shape index (κ1) is 9.65. The lowest BCUT2D eigenvalue weighted by Crippen LogP contribution is -2.35. The van der Waals surface area contributed by atoms with Crippen LogP contribution < -0.4 is 5.32 Å². The molecule has 1 aliphatic heterocycles. The highest BCUT2D eigenvalue weighted by Crippen LogP contribution is 2.28. The normalized spacial score (nSPS) is 25.9. The van der Waals surface area contributed by atoms with Crippen LogP contribution in [0.2, 0.25) is 0 Å². The summed E-state index contributed by atoms with van der Waals surface area (Å²) < 4.78 is 5.54. The molecule has 3 heteroatoms. The van der Waals surface area contributed by atoms with Crippen LogP contribution in [-0.2, 0) is 11.3 Å². The van der Waals surface area contributed by atoms with Crippen molar-refractivity contribution in [3.63, 3.8) is 0 Å². The Morgan fingerprint density at radius 2 is 2.29 bits per heavy atom. The Kier molecular flexibility index (Phi) is 2.82. The van der Waals surface area contributed by atoms with Crippen molar-refractivity contribution in [2.24, 2.45) is 0 Å². The fourth-order valence-corrected chi connectivity index (χ4v) is 1.81. The van der Waals surface area contributed by atoms with Crippen molar-refractivity contribution in [1.82, 2.24) is 5.32 Å². The van der Waals surface area contributed by atoms with Crippen LogP contribution in [0.3, 0.4) is 0 Å². The molecule has 0 fully saturated rings. The predicted molar refractivity (Wildman–Crippen MR) is 53.9 cm³/mol. The van der Waals surface area contributed by atoms with Gasteiger partial charge >= 0.3 is 0 Å². The molecule has 1 aromatic rings. The topological polar surface area (TPSA) is 41.5 Å². The van der Waals surface area contributed by atoms with Gasteiger partial charge in [0.25, 0.3) is 0 Å². The molecule has 0 radical (unpaired) electrons. The van der Waals surface area contributed by atoms with Crippen LogP contribution in [0.4, 0.5) is 0 Å². The zero-order valence-electron chi connectivity index (χ0n) is 8.23. The summed E-state index contributed by atoms with van der Waals surface area (Å²) in [7, 11) is 1.86. The Hall–Kier alpha value is -0.900. The van der Waals surface area contributed by atoms with E-state index in [1.165, 1.54) is 0 Å². The van der Waals surface area contributed by atoms with Crippen molar-refractivity contribution in [1.29, 1.82) is 0 Å². The molecule has 1 heterocycles. The molecule has 76 valence electrons. The number of ether oxygens (including phenoxy) is 1. The molecule has 3 nitrogen and oxygen atoms in total. The zero-order valence-corrected chi connectivity index (χ0v) is 8.23. The van der Waals surface area contributed by atoms with Crippen LogP contribution in [0.25, 0.3) is 0 Å². The summed E-state index contributed by atoms with van der Waals surface area (Å²) in [5, 5.41) is 13.0. The third-order valence-corrected chi connectivity index (χ3v) is 2.58. The number of nitrogens with one attached hydrogen (secondary N) is 1. The Morgan fingerprint density at radius 1 is 1.50 bits per heavy atom. The Bertz CT molecular complexity index is 314. The first-order valence-electron chi connectivity index (χ1n) is 4.85. The van der Waals surface area contributed by atoms with Crippen molar-refractivity contribution < 1.29 is 9.84 Å². The summed E-state index contributed by atoms with van der Waals surface area (Å²) in [6.07, 6.45) is -0.637. The van der Waals surface area contributed by atoms with E-state index in [1.54, 1.807) is 0 Å². The van der Waals surface area contributed by atoms with Crippen molar-refractivity contribution in [3.05, 3.63) is 35.4 Å². The third-order valence-electron chi connectivity index (χ3n) is 2.58. The molecular formula is C11H15NO2. The molecule has 0 spiro atoms. The molecule has 0 unspecified atom stereocenters. The lowest BCUT2D eigenvalue weighted by atomic mass is 9.96. The van der Waals surface area contributed by atoms with Crippen LogP contribution in [0.15, 0.2) is 24.3 Å². The second-order valence-corrected chi connectivity index (χ2v) is 3.55. The van der Waals surface area contributed by atoms with Gasteiger partial charge in [-0.3, -0.25) is 0 Å². The van der Waals surface area contributed by atoms with E-state index in [1.807, 2.05) is 31.3 Å². The molecule has 1 aromatic carbocycles. The van der Waals surface area contributed by atoms with Gasteiger partial charge < -0.3 is 15.2 Å². The first-order chi connectivity index (χ1) is 6.83. The van der Waals surface area contributed by atoms with Gasteiger partial charge in [0.2, 0.25) is 0 Å². The lowest BCUT2D eigenvalue weighted by molar-refractivity contribution is -0.0606. The highest BCUT2D eigenvalue weighted by atomic mass is 16.5. The summed E-state index contributed by atoms with van der Waals surface area (Å²) in [5.74, 6) is 0. The Balaban J connectivity index is 2.22. The number of fused-ring (bicyclic) bond motifs is 1. The van der Waals surface area contributed by atoms with Crippen molar-refractivity contribution in [3.8, 4) is 0 Å². The molecule has 2 N–H and O–H groups in total. The van der Waals surface area contributed by atoms with Crippen LogP contribution in [0.5, 0.6) is 0 Å². The SMILES string of the molecule is CNC[C@@H]1OCc2ccccc2[C@@H]1O. The van der Waals surface area contributed by atoms with Gasteiger partial charge in [0.05, 0.1) is 6.61 Å². The van der Waals surface area contributed by atoms with E-state index in [9.17, 15) is 5.11 Å². The van der Waals surface area contributed by atoms with Crippen molar-refractivity contribution >= 4 is 0 Å². The van der Waals surface area contributed by atoms with E-state index in [0.717, 1.165) is 11.1 Å². The average molecular weight is 193 g/mol. The van der Waals surface area contributed by atoms with E-state index in [2.05, 4.69) is 5.32 Å². The van der Waals surface area contributed by atoms with Crippen LogP contribution in [-0.4, -0.2) is 24.8 Å². The highest BCUT2D eigenvalue weighted by Gasteiger charge is 2.27. The molecule has 14 heavy (non-hydrogen) atoms. The summed E-state index contributed by atoms with van der Waals surface area (Å²) in [6, 6.07) is 7.87. The third kappa shape index (κ3) is 1.66. The lowest BCUT2D eigenvalue weighted by Gasteiger charge is -2.30. The summed E-state index contributed by atoms with van der Waals surface area (Å²) in [4.78, 5) is 0. The number of rotatable bonds is 2. The number of likely N-dealkylation sites (N-methyl/N-ethyl adjacent to an activating group) is 1. The number of aliphatic hydroxyl groups excluding tert-OH is 1. The van der Waals surface area contributed by atoms with Crippen LogP contribution >= 0.6 is 0 Å². The second kappa shape index (κ2) is 4.09.